The molecular weight excluding hydrogens is 551 g/mol. The molecule has 0 spiro atoms. The molecule has 0 nitrogen and oxygen atoms in total. The first-order valence-corrected chi connectivity index (χ1v) is 23.2. The van der Waals surface area contributed by atoms with E-state index in [1.807, 2.05) is 0 Å². The molecule has 1 atom stereocenters. The summed E-state index contributed by atoms with van der Waals surface area (Å²) in [4.78, 5) is 0. The molecule has 0 aromatic heterocycles. The first-order chi connectivity index (χ1) is 18.2. The molecule has 0 unspecified atom stereocenters. The molecule has 0 aliphatic rings. The van der Waals surface area contributed by atoms with Gasteiger partial charge in [-0.25, -0.2) is 0 Å². The molecule has 0 amide bonds. The molecule has 4 aromatic rings. The van der Waals surface area contributed by atoms with Gasteiger partial charge in [-0.2, -0.15) is 0 Å². The number of hydrogen-bond donors (Lipinski definition) is 0. The molecule has 0 heterocycles. The molecule has 1 heteroatoms. The van der Waals surface area contributed by atoms with Crippen molar-refractivity contribution in [2.45, 2.75) is 95.8 Å². The van der Waals surface area contributed by atoms with Crippen molar-refractivity contribution in [3.8, 4) is 0 Å². The minimum absolute atomic E-state index is 0.673. The van der Waals surface area contributed by atoms with E-state index in [1.54, 1.807) is 18.9 Å². The summed E-state index contributed by atoms with van der Waals surface area (Å²) < 4.78 is 6.33. The number of rotatable bonds is 15. The molecule has 0 N–H and O–H groups in total. The Morgan fingerprint density at radius 2 is 1.08 bits per heavy atom. The molecule has 37 heavy (non-hydrogen) atoms. The van der Waals surface area contributed by atoms with Crippen molar-refractivity contribution in [2.75, 3.05) is 0 Å². The van der Waals surface area contributed by atoms with E-state index < -0.39 is 18.4 Å². The van der Waals surface area contributed by atoms with Crippen LogP contribution in [0.15, 0.2) is 84.9 Å². The molecule has 0 saturated heterocycles. The molecule has 0 fully saturated rings. The summed E-state index contributed by atoms with van der Waals surface area (Å²) in [5.74, 6) is 0.673. The zero-order valence-corrected chi connectivity index (χ0v) is 26.5. The van der Waals surface area contributed by atoms with Gasteiger partial charge in [-0.15, -0.1) is 0 Å². The standard InChI is InChI=1S/C24H21.3C4H9.Sn/c1-18(22-15-7-12-20-9-3-5-14-24(20)22)16-17-21-11-6-10-19-8-2-4-13-23(19)21;3*1-3-4-2;/h2-15,18H,1,16-17H2;3*1,3-4H2,2H3;/t18-;;;;/m1..../s1. The van der Waals surface area contributed by atoms with Crippen molar-refractivity contribution in [1.82, 2.24) is 0 Å². The van der Waals surface area contributed by atoms with Crippen LogP contribution in [0.5, 0.6) is 0 Å². The van der Waals surface area contributed by atoms with Crippen LogP contribution < -0.4 is 0 Å². The molecule has 196 valence electrons. The maximum absolute atomic E-state index is 2.48. The normalized spacial score (nSPS) is 12.8. The summed E-state index contributed by atoms with van der Waals surface area (Å²) in [6.07, 6.45) is 10.9. The van der Waals surface area contributed by atoms with Gasteiger partial charge in [-0.1, -0.05) is 0 Å². The average Bonchev–Trinajstić information content (AvgIpc) is 2.95. The molecule has 0 radical (unpaired) electrons. The topological polar surface area (TPSA) is 0 Å². The Labute approximate surface area is 230 Å². The quantitative estimate of drug-likeness (QED) is 0.119. The van der Waals surface area contributed by atoms with E-state index in [0.29, 0.717) is 5.92 Å². The monoisotopic (exact) mass is 600 g/mol. The van der Waals surface area contributed by atoms with Crippen LogP contribution in [0.4, 0.5) is 0 Å². The third-order valence-corrected chi connectivity index (χ3v) is 24.8. The van der Waals surface area contributed by atoms with Gasteiger partial charge >= 0.3 is 232 Å². The second kappa shape index (κ2) is 14.4. The van der Waals surface area contributed by atoms with Gasteiger partial charge in [-0.05, 0) is 0 Å². The van der Waals surface area contributed by atoms with Crippen molar-refractivity contribution in [3.05, 3.63) is 96.1 Å². The number of benzene rings is 4. The van der Waals surface area contributed by atoms with E-state index >= 15 is 0 Å². The van der Waals surface area contributed by atoms with Crippen LogP contribution >= 0.6 is 0 Å². The van der Waals surface area contributed by atoms with Crippen LogP contribution in [-0.4, -0.2) is 18.4 Å². The van der Waals surface area contributed by atoms with Gasteiger partial charge in [0.15, 0.2) is 0 Å². The van der Waals surface area contributed by atoms with E-state index in [4.69, 9.17) is 0 Å². The molecule has 0 aliphatic heterocycles. The van der Waals surface area contributed by atoms with Crippen LogP contribution in [0, 0.1) is 0 Å². The van der Waals surface area contributed by atoms with Crippen molar-refractivity contribution >= 4 is 39.9 Å². The summed E-state index contributed by atoms with van der Waals surface area (Å²) >= 11 is -2.33. The molecular formula is C36H48Sn. The Balaban J connectivity index is 1.72. The second-order valence-electron chi connectivity index (χ2n) is 11.5. The second-order valence-corrected chi connectivity index (χ2v) is 25.5. The molecule has 0 aliphatic carbocycles. The number of unbranched alkanes of at least 4 members (excludes halogenated alkanes) is 3. The number of aryl methyl sites for hydroxylation is 1. The van der Waals surface area contributed by atoms with Crippen molar-refractivity contribution in [1.29, 1.82) is 0 Å². The Kier molecular flexibility index (Phi) is 11.0. The summed E-state index contributed by atoms with van der Waals surface area (Å²) in [6.45, 7) is 7.21. The van der Waals surface area contributed by atoms with Crippen LogP contribution in [0.1, 0.15) is 82.8 Å². The van der Waals surface area contributed by atoms with Crippen molar-refractivity contribution < 1.29 is 0 Å². The molecule has 0 saturated carbocycles. The van der Waals surface area contributed by atoms with E-state index in [9.17, 15) is 0 Å². The fourth-order valence-electron chi connectivity index (χ4n) is 6.67. The van der Waals surface area contributed by atoms with Gasteiger partial charge < -0.3 is 0 Å². The Hall–Kier alpha value is -1.80. The van der Waals surface area contributed by atoms with Gasteiger partial charge in [-0.3, -0.25) is 0 Å². The zero-order chi connectivity index (χ0) is 25.9. The van der Waals surface area contributed by atoms with E-state index in [0.717, 1.165) is 0 Å². The van der Waals surface area contributed by atoms with Crippen molar-refractivity contribution in [3.63, 3.8) is 0 Å². The predicted molar refractivity (Wildman–Crippen MR) is 169 cm³/mol. The van der Waals surface area contributed by atoms with Crippen LogP contribution in [0.25, 0.3) is 21.5 Å². The third-order valence-electron chi connectivity index (χ3n) is 8.77. The van der Waals surface area contributed by atoms with E-state index in [1.165, 1.54) is 82.9 Å². The van der Waals surface area contributed by atoms with E-state index in [-0.39, 0.29) is 0 Å². The van der Waals surface area contributed by atoms with Gasteiger partial charge in [0.2, 0.25) is 0 Å². The van der Waals surface area contributed by atoms with Gasteiger partial charge in [0.05, 0.1) is 0 Å². The molecule has 0 bridgehead atoms. The van der Waals surface area contributed by atoms with Crippen LogP contribution in [0.3, 0.4) is 0 Å². The van der Waals surface area contributed by atoms with Crippen molar-refractivity contribution in [2.24, 2.45) is 0 Å². The number of fused-ring (bicyclic) bond motifs is 2. The zero-order valence-electron chi connectivity index (χ0n) is 23.6. The summed E-state index contributed by atoms with van der Waals surface area (Å²) in [5.41, 5.74) is 3.16. The predicted octanol–water partition coefficient (Wildman–Crippen LogP) is 11.6. The summed E-state index contributed by atoms with van der Waals surface area (Å²) in [5, 5.41) is 5.73. The molecule has 4 aromatic carbocycles. The Morgan fingerprint density at radius 1 is 0.568 bits per heavy atom. The first-order valence-electron chi connectivity index (χ1n) is 15.1. The van der Waals surface area contributed by atoms with Crippen LogP contribution in [0.2, 0.25) is 17.7 Å². The fraction of sp³-hybridized carbons (Fsp3) is 0.444. The van der Waals surface area contributed by atoms with Gasteiger partial charge in [0, 0.05) is 0 Å². The van der Waals surface area contributed by atoms with Gasteiger partial charge in [0.1, 0.15) is 0 Å². The van der Waals surface area contributed by atoms with Gasteiger partial charge in [0.25, 0.3) is 0 Å². The molecule has 4 rings (SSSR count). The first kappa shape index (κ1) is 28.2. The Morgan fingerprint density at radius 3 is 1.70 bits per heavy atom. The maximum atomic E-state index is 2.48. The SMILES string of the molecule is CCC[CH2][Sn]([CH2]CCC)([CH2]CCC)[CH2][C@H](CCc1cccc2ccccc12)c1cccc2ccccc12. The number of hydrogen-bond acceptors (Lipinski definition) is 0. The average molecular weight is 599 g/mol. The minimum atomic E-state index is -2.33. The third kappa shape index (κ3) is 7.40. The summed E-state index contributed by atoms with van der Waals surface area (Å²) in [6, 6.07) is 32.1. The fourth-order valence-corrected chi connectivity index (χ4v) is 24.2. The summed E-state index contributed by atoms with van der Waals surface area (Å²) in [7, 11) is 0. The Bertz CT molecular complexity index is 1210. The van der Waals surface area contributed by atoms with E-state index in [2.05, 4.69) is 106 Å². The van der Waals surface area contributed by atoms with Crippen LogP contribution in [-0.2, 0) is 6.42 Å².